The van der Waals surface area contributed by atoms with Crippen LogP contribution in [0.5, 0.6) is 0 Å². The quantitative estimate of drug-likeness (QED) is 0.583. The first-order chi connectivity index (χ1) is 6.61. The van der Waals surface area contributed by atoms with Gasteiger partial charge in [-0.2, -0.15) is 8.10 Å². The number of fused-ring (bicyclic) bond motifs is 1. The van der Waals surface area contributed by atoms with Crippen molar-refractivity contribution < 1.29 is 9.31 Å². The molecule has 0 amide bonds. The highest BCUT2D eigenvalue weighted by atomic mass is 79.9. The molecule has 72 valence electrons. The minimum atomic E-state index is -0.857. The first kappa shape index (κ1) is 9.07. The Morgan fingerprint density at radius 1 is 1.57 bits per heavy atom. The zero-order chi connectivity index (χ0) is 10.3. The Balaban J connectivity index is 2.92. The van der Waals surface area contributed by atoms with Crippen molar-refractivity contribution in [3.05, 3.63) is 34.3 Å². The number of non-ortho nitro benzene ring substituents is 1. The molecule has 0 radical (unpaired) electrons. The number of halogens is 2. The predicted octanol–water partition coefficient (Wildman–Crippen LogP) is 2.24. The van der Waals surface area contributed by atoms with Crippen LogP contribution in [0.1, 0.15) is 0 Å². The van der Waals surface area contributed by atoms with E-state index in [1.165, 1.54) is 18.2 Å². The lowest BCUT2D eigenvalue weighted by Crippen LogP contribution is -1.89. The Hall–Kier alpha value is -1.50. The molecule has 1 aromatic heterocycles. The third kappa shape index (κ3) is 1.17. The van der Waals surface area contributed by atoms with Crippen LogP contribution < -0.4 is 0 Å². The molecule has 0 N–H and O–H groups in total. The summed E-state index contributed by atoms with van der Waals surface area (Å²) >= 11 is 2.94. The second-order valence-corrected chi connectivity index (χ2v) is 3.25. The average Bonchev–Trinajstić information content (AvgIpc) is 2.43. The van der Waals surface area contributed by atoms with Crippen LogP contribution in [-0.2, 0) is 0 Å². The van der Waals surface area contributed by atoms with Crippen molar-refractivity contribution in [3.63, 3.8) is 0 Å². The molecule has 14 heavy (non-hydrogen) atoms. The van der Waals surface area contributed by atoms with Crippen molar-refractivity contribution >= 4 is 32.7 Å². The fourth-order valence-corrected chi connectivity index (χ4v) is 1.66. The smallest absolute Gasteiger partial charge is 0.258 e. The van der Waals surface area contributed by atoms with Gasteiger partial charge in [0.2, 0.25) is 5.95 Å². The lowest BCUT2D eigenvalue weighted by Gasteiger charge is -1.92. The number of hydrogen-bond donors (Lipinski definition) is 0. The first-order valence-electron chi connectivity index (χ1n) is 3.59. The Kier molecular flexibility index (Phi) is 1.95. The second-order valence-electron chi connectivity index (χ2n) is 2.58. The zero-order valence-electron chi connectivity index (χ0n) is 6.65. The van der Waals surface area contributed by atoms with E-state index in [-0.39, 0.29) is 11.1 Å². The van der Waals surface area contributed by atoms with Crippen LogP contribution in [0.15, 0.2) is 18.2 Å². The van der Waals surface area contributed by atoms with Crippen molar-refractivity contribution in [2.75, 3.05) is 0 Å². The molecule has 0 spiro atoms. The van der Waals surface area contributed by atoms with Crippen molar-refractivity contribution in [1.29, 1.82) is 0 Å². The Bertz CT molecular complexity index is 525. The van der Waals surface area contributed by atoms with Crippen LogP contribution >= 0.6 is 16.1 Å². The van der Waals surface area contributed by atoms with Crippen LogP contribution in [0.3, 0.4) is 0 Å². The summed E-state index contributed by atoms with van der Waals surface area (Å²) in [5.41, 5.74) is 0.0439. The molecule has 0 saturated heterocycles. The predicted molar refractivity (Wildman–Crippen MR) is 50.7 cm³/mol. The highest BCUT2D eigenvalue weighted by Gasteiger charge is 2.19. The van der Waals surface area contributed by atoms with E-state index in [9.17, 15) is 14.5 Å². The van der Waals surface area contributed by atoms with Crippen LogP contribution in [0.2, 0.25) is 0 Å². The average molecular weight is 260 g/mol. The molecule has 0 unspecified atom stereocenters. The molecule has 2 aromatic rings. The summed E-state index contributed by atoms with van der Waals surface area (Å²) in [5.74, 6) is -0.857. The van der Waals surface area contributed by atoms with Gasteiger partial charge < -0.3 is 0 Å². The molecule has 2 rings (SSSR count). The standard InChI is InChI=1S/C7H3BrFN3O2/c8-11-4-2-1-3-5(12(13)14)6(4)7(9)10-11/h1-3H. The zero-order valence-corrected chi connectivity index (χ0v) is 8.23. The van der Waals surface area contributed by atoms with E-state index >= 15 is 0 Å². The molecule has 7 heteroatoms. The van der Waals surface area contributed by atoms with Gasteiger partial charge in [0.05, 0.1) is 26.6 Å². The van der Waals surface area contributed by atoms with Gasteiger partial charge in [0.15, 0.2) is 0 Å². The molecule has 1 heterocycles. The summed E-state index contributed by atoms with van der Waals surface area (Å²) in [6.45, 7) is 0. The van der Waals surface area contributed by atoms with Crippen molar-refractivity contribution in [2.45, 2.75) is 0 Å². The largest absolute Gasteiger partial charge is 0.283 e. The molecule has 0 aliphatic rings. The third-order valence-corrected chi connectivity index (χ3v) is 2.34. The first-order valence-corrected chi connectivity index (χ1v) is 4.30. The normalized spacial score (nSPS) is 10.7. The van der Waals surface area contributed by atoms with Crippen LogP contribution in [-0.4, -0.2) is 13.7 Å². The van der Waals surface area contributed by atoms with E-state index in [0.29, 0.717) is 5.52 Å². The van der Waals surface area contributed by atoms with Gasteiger partial charge in [0.1, 0.15) is 5.39 Å². The van der Waals surface area contributed by atoms with Gasteiger partial charge in [-0.15, -0.1) is 5.10 Å². The van der Waals surface area contributed by atoms with Gasteiger partial charge >= 0.3 is 0 Å². The molecular formula is C7H3BrFN3O2. The van der Waals surface area contributed by atoms with Gasteiger partial charge in [-0.05, 0) is 6.07 Å². The molecule has 0 atom stereocenters. The maximum absolute atomic E-state index is 13.2. The van der Waals surface area contributed by atoms with Crippen LogP contribution in [0.4, 0.5) is 10.1 Å². The summed E-state index contributed by atoms with van der Waals surface area (Å²) in [7, 11) is 0. The van der Waals surface area contributed by atoms with Gasteiger partial charge in [-0.1, -0.05) is 6.07 Å². The monoisotopic (exact) mass is 259 g/mol. The molecule has 0 bridgehead atoms. The number of benzene rings is 1. The number of nitro groups is 1. The molecule has 0 saturated carbocycles. The summed E-state index contributed by atoms with van der Waals surface area (Å²) < 4.78 is 14.2. The fourth-order valence-electron chi connectivity index (χ4n) is 1.23. The number of aromatic nitrogens is 2. The highest BCUT2D eigenvalue weighted by Crippen LogP contribution is 2.28. The topological polar surface area (TPSA) is 61.0 Å². The lowest BCUT2D eigenvalue weighted by molar-refractivity contribution is -0.383. The third-order valence-electron chi connectivity index (χ3n) is 1.80. The van der Waals surface area contributed by atoms with Gasteiger partial charge in [-0.3, -0.25) is 10.1 Å². The second kappa shape index (κ2) is 3.02. The summed E-state index contributed by atoms with van der Waals surface area (Å²) in [4.78, 5) is 9.92. The SMILES string of the molecule is O=[N+]([O-])c1cccc2c1c(F)nn2Br. The summed E-state index contributed by atoms with van der Waals surface area (Å²) in [5, 5.41) is 13.9. The van der Waals surface area contributed by atoms with E-state index in [4.69, 9.17) is 0 Å². The molecule has 0 aliphatic carbocycles. The molecule has 0 fully saturated rings. The number of nitrogens with zero attached hydrogens (tertiary/aromatic N) is 3. The minimum absolute atomic E-state index is 0.0885. The maximum atomic E-state index is 13.2. The van der Waals surface area contributed by atoms with Crippen LogP contribution in [0.25, 0.3) is 10.9 Å². The number of hydrogen-bond acceptors (Lipinski definition) is 3. The lowest BCUT2D eigenvalue weighted by atomic mass is 10.2. The van der Waals surface area contributed by atoms with E-state index in [1.807, 2.05) is 0 Å². The molecular weight excluding hydrogens is 257 g/mol. The van der Waals surface area contributed by atoms with Crippen molar-refractivity contribution in [2.24, 2.45) is 0 Å². The van der Waals surface area contributed by atoms with E-state index in [1.54, 1.807) is 0 Å². The van der Waals surface area contributed by atoms with E-state index in [0.717, 1.165) is 3.71 Å². The molecule has 0 aliphatic heterocycles. The fraction of sp³-hybridized carbons (Fsp3) is 0. The van der Waals surface area contributed by atoms with Crippen molar-refractivity contribution in [1.82, 2.24) is 8.81 Å². The Morgan fingerprint density at radius 2 is 2.29 bits per heavy atom. The summed E-state index contributed by atoms with van der Waals surface area (Å²) in [6.07, 6.45) is 0. The Morgan fingerprint density at radius 3 is 2.93 bits per heavy atom. The summed E-state index contributed by atoms with van der Waals surface area (Å²) in [6, 6.07) is 4.24. The van der Waals surface area contributed by atoms with Gasteiger partial charge in [0.25, 0.3) is 5.69 Å². The Labute approximate surface area is 85.6 Å². The van der Waals surface area contributed by atoms with Gasteiger partial charge in [0, 0.05) is 6.07 Å². The number of nitro benzene ring substituents is 1. The minimum Gasteiger partial charge on any atom is -0.258 e. The van der Waals surface area contributed by atoms with Crippen molar-refractivity contribution in [3.8, 4) is 0 Å². The number of rotatable bonds is 1. The van der Waals surface area contributed by atoms with Gasteiger partial charge in [-0.25, -0.2) is 0 Å². The van der Waals surface area contributed by atoms with E-state index < -0.39 is 10.9 Å². The molecule has 1 aromatic carbocycles. The van der Waals surface area contributed by atoms with Crippen LogP contribution in [0, 0.1) is 16.1 Å². The highest BCUT2D eigenvalue weighted by molar-refractivity contribution is 9.08. The molecule has 5 nitrogen and oxygen atoms in total. The maximum Gasteiger partial charge on any atom is 0.283 e. The van der Waals surface area contributed by atoms with E-state index in [2.05, 4.69) is 21.2 Å².